The van der Waals surface area contributed by atoms with Gasteiger partial charge >= 0.3 is 0 Å². The maximum absolute atomic E-state index is 6.17. The van der Waals surface area contributed by atoms with Crippen LogP contribution in [0.15, 0.2) is 66.7 Å². The van der Waals surface area contributed by atoms with Gasteiger partial charge in [0.25, 0.3) is 0 Å². The van der Waals surface area contributed by atoms with Crippen LogP contribution in [-0.4, -0.2) is 0 Å². The maximum Gasteiger partial charge on any atom is 0.128 e. The first-order valence-corrected chi connectivity index (χ1v) is 6.95. The molecule has 100 valence electrons. The van der Waals surface area contributed by atoms with E-state index < -0.39 is 0 Å². The summed E-state index contributed by atoms with van der Waals surface area (Å²) in [7, 11) is 0. The summed E-state index contributed by atoms with van der Waals surface area (Å²) in [6.45, 7) is 4.22. The minimum absolute atomic E-state index is 0.0438. The summed E-state index contributed by atoms with van der Waals surface area (Å²) < 4.78 is 6.17. The van der Waals surface area contributed by atoms with Gasteiger partial charge in [0.15, 0.2) is 0 Å². The van der Waals surface area contributed by atoms with E-state index >= 15 is 0 Å². The van der Waals surface area contributed by atoms with Crippen LogP contribution < -0.4 is 4.74 Å². The van der Waals surface area contributed by atoms with Crippen LogP contribution in [0.2, 0.25) is 0 Å². The van der Waals surface area contributed by atoms with Gasteiger partial charge in [-0.05, 0) is 36.4 Å². The average Bonchev–Trinajstić information content (AvgIpc) is 2.51. The van der Waals surface area contributed by atoms with Crippen LogP contribution in [-0.2, 0) is 0 Å². The van der Waals surface area contributed by atoms with E-state index in [-0.39, 0.29) is 6.10 Å². The lowest BCUT2D eigenvalue weighted by Crippen LogP contribution is -2.03. The summed E-state index contributed by atoms with van der Waals surface area (Å²) in [5.41, 5.74) is 2.47. The van der Waals surface area contributed by atoms with E-state index in [4.69, 9.17) is 4.74 Å². The fourth-order valence-corrected chi connectivity index (χ4v) is 2.51. The van der Waals surface area contributed by atoms with Crippen molar-refractivity contribution in [2.75, 3.05) is 0 Å². The van der Waals surface area contributed by atoms with Crippen LogP contribution in [0, 0.1) is 6.92 Å². The molecular weight excluding hydrogens is 244 g/mol. The van der Waals surface area contributed by atoms with Crippen LogP contribution in [0.25, 0.3) is 10.8 Å². The highest BCUT2D eigenvalue weighted by molar-refractivity contribution is 5.90. The largest absolute Gasteiger partial charge is 0.485 e. The highest BCUT2D eigenvalue weighted by atomic mass is 16.5. The second kappa shape index (κ2) is 5.38. The third-order valence-corrected chi connectivity index (χ3v) is 3.67. The monoisotopic (exact) mass is 262 g/mol. The van der Waals surface area contributed by atoms with Gasteiger partial charge < -0.3 is 4.74 Å². The fraction of sp³-hybridized carbons (Fsp3) is 0.158. The van der Waals surface area contributed by atoms with E-state index in [1.807, 2.05) is 18.2 Å². The lowest BCUT2D eigenvalue weighted by atomic mass is 10.0. The van der Waals surface area contributed by atoms with Crippen LogP contribution >= 0.6 is 0 Å². The average molecular weight is 262 g/mol. The molecule has 0 radical (unpaired) electrons. The zero-order chi connectivity index (χ0) is 13.9. The van der Waals surface area contributed by atoms with Crippen molar-refractivity contribution < 1.29 is 4.74 Å². The van der Waals surface area contributed by atoms with Crippen LogP contribution in [0.1, 0.15) is 24.2 Å². The standard InChI is InChI=1S/C19H18O/c1-14-12-13-19(18-11-7-6-10-17(14)18)20-15(2)16-8-4-3-5-9-16/h3-13,15H,1-2H3/t15-/m0/s1. The molecule has 3 aromatic rings. The maximum atomic E-state index is 6.17. The highest BCUT2D eigenvalue weighted by Gasteiger charge is 2.10. The summed E-state index contributed by atoms with van der Waals surface area (Å²) in [5, 5.41) is 2.43. The molecule has 0 amide bonds. The first kappa shape index (κ1) is 12.7. The molecule has 3 aromatic carbocycles. The minimum Gasteiger partial charge on any atom is -0.485 e. The highest BCUT2D eigenvalue weighted by Crippen LogP contribution is 2.31. The summed E-state index contributed by atoms with van der Waals surface area (Å²) in [4.78, 5) is 0. The van der Waals surface area contributed by atoms with Gasteiger partial charge in [-0.15, -0.1) is 0 Å². The molecule has 0 heterocycles. The summed E-state index contributed by atoms with van der Waals surface area (Å²) in [6.07, 6.45) is 0.0438. The van der Waals surface area contributed by atoms with E-state index in [2.05, 4.69) is 62.4 Å². The zero-order valence-corrected chi connectivity index (χ0v) is 11.8. The summed E-state index contributed by atoms with van der Waals surface area (Å²) in [6, 6.07) is 22.9. The number of hydrogen-bond acceptors (Lipinski definition) is 1. The van der Waals surface area contributed by atoms with Gasteiger partial charge in [0.05, 0.1) is 0 Å². The second-order valence-corrected chi connectivity index (χ2v) is 5.10. The molecule has 0 aliphatic heterocycles. The molecule has 0 bridgehead atoms. The predicted molar refractivity (Wildman–Crippen MR) is 84.2 cm³/mol. The van der Waals surface area contributed by atoms with Gasteiger partial charge in [-0.3, -0.25) is 0 Å². The molecule has 0 spiro atoms. The number of aryl methyl sites for hydroxylation is 1. The number of ether oxygens (including phenoxy) is 1. The lowest BCUT2D eigenvalue weighted by molar-refractivity contribution is 0.230. The Balaban J connectivity index is 1.97. The van der Waals surface area contributed by atoms with Gasteiger partial charge in [-0.1, -0.05) is 60.7 Å². The summed E-state index contributed by atoms with van der Waals surface area (Å²) in [5.74, 6) is 0.947. The molecule has 0 saturated heterocycles. The predicted octanol–water partition coefficient (Wildman–Crippen LogP) is 5.29. The minimum atomic E-state index is 0.0438. The van der Waals surface area contributed by atoms with Gasteiger partial charge in [0.1, 0.15) is 11.9 Å². The Morgan fingerprint density at radius 3 is 2.15 bits per heavy atom. The molecule has 20 heavy (non-hydrogen) atoms. The fourth-order valence-electron chi connectivity index (χ4n) is 2.51. The normalized spacial score (nSPS) is 12.3. The van der Waals surface area contributed by atoms with Gasteiger partial charge in [-0.2, -0.15) is 0 Å². The van der Waals surface area contributed by atoms with Crippen molar-refractivity contribution in [1.82, 2.24) is 0 Å². The number of benzene rings is 3. The Hall–Kier alpha value is -2.28. The number of fused-ring (bicyclic) bond motifs is 1. The second-order valence-electron chi connectivity index (χ2n) is 5.10. The lowest BCUT2D eigenvalue weighted by Gasteiger charge is -2.17. The van der Waals surface area contributed by atoms with Crippen molar-refractivity contribution in [3.63, 3.8) is 0 Å². The van der Waals surface area contributed by atoms with E-state index in [1.165, 1.54) is 21.9 Å². The molecule has 1 nitrogen and oxygen atoms in total. The van der Waals surface area contributed by atoms with Gasteiger partial charge in [-0.25, -0.2) is 0 Å². The van der Waals surface area contributed by atoms with Crippen molar-refractivity contribution in [3.05, 3.63) is 77.9 Å². The first-order chi connectivity index (χ1) is 9.75. The Labute approximate surface area is 119 Å². The van der Waals surface area contributed by atoms with E-state index in [0.717, 1.165) is 5.75 Å². The van der Waals surface area contributed by atoms with Crippen molar-refractivity contribution >= 4 is 10.8 Å². The molecular formula is C19H18O. The molecule has 0 aliphatic rings. The molecule has 0 unspecified atom stereocenters. The first-order valence-electron chi connectivity index (χ1n) is 6.95. The molecule has 1 heteroatoms. The van der Waals surface area contributed by atoms with E-state index in [0.29, 0.717) is 0 Å². The molecule has 0 aromatic heterocycles. The summed E-state index contributed by atoms with van der Waals surface area (Å²) >= 11 is 0. The Morgan fingerprint density at radius 1 is 0.750 bits per heavy atom. The smallest absolute Gasteiger partial charge is 0.128 e. The topological polar surface area (TPSA) is 9.23 Å². The number of hydrogen-bond donors (Lipinski definition) is 0. The van der Waals surface area contributed by atoms with Crippen LogP contribution in [0.3, 0.4) is 0 Å². The Morgan fingerprint density at radius 2 is 1.40 bits per heavy atom. The SMILES string of the molecule is Cc1ccc(O[C@@H](C)c2ccccc2)c2ccccc12. The van der Waals surface area contributed by atoms with E-state index in [9.17, 15) is 0 Å². The molecule has 1 atom stereocenters. The molecule has 0 aliphatic carbocycles. The third kappa shape index (κ3) is 2.39. The quantitative estimate of drug-likeness (QED) is 0.623. The van der Waals surface area contributed by atoms with Gasteiger partial charge in [0.2, 0.25) is 0 Å². The molecule has 3 rings (SSSR count). The zero-order valence-electron chi connectivity index (χ0n) is 11.8. The van der Waals surface area contributed by atoms with E-state index in [1.54, 1.807) is 0 Å². The van der Waals surface area contributed by atoms with Crippen molar-refractivity contribution in [3.8, 4) is 5.75 Å². The van der Waals surface area contributed by atoms with Crippen molar-refractivity contribution in [2.45, 2.75) is 20.0 Å². The van der Waals surface area contributed by atoms with Crippen LogP contribution in [0.4, 0.5) is 0 Å². The van der Waals surface area contributed by atoms with Crippen molar-refractivity contribution in [2.24, 2.45) is 0 Å². The third-order valence-electron chi connectivity index (χ3n) is 3.67. The Bertz CT molecular complexity index is 716. The van der Waals surface area contributed by atoms with Crippen molar-refractivity contribution in [1.29, 1.82) is 0 Å². The van der Waals surface area contributed by atoms with Crippen LogP contribution in [0.5, 0.6) is 5.75 Å². The molecule has 0 N–H and O–H groups in total. The Kier molecular flexibility index (Phi) is 3.42. The molecule has 0 fully saturated rings. The number of rotatable bonds is 3. The molecule has 0 saturated carbocycles. The van der Waals surface area contributed by atoms with Gasteiger partial charge in [0, 0.05) is 5.39 Å².